The Bertz CT molecular complexity index is 858. The number of nitrogens with zero attached hydrogens (tertiary/aromatic N) is 1. The number of benzene rings is 2. The van der Waals surface area contributed by atoms with Crippen LogP contribution in [-0.2, 0) is 11.3 Å². The highest BCUT2D eigenvalue weighted by Crippen LogP contribution is 2.27. The van der Waals surface area contributed by atoms with Crippen LogP contribution in [-0.4, -0.2) is 15.6 Å². The van der Waals surface area contributed by atoms with Gasteiger partial charge in [0.05, 0.1) is 16.9 Å². The fraction of sp³-hybridized carbons (Fsp3) is 0.0625. The maximum atomic E-state index is 12.1. The molecule has 0 saturated heterocycles. The Balaban J connectivity index is 1.84. The number of aromatic hydroxyl groups is 1. The third-order valence-electron chi connectivity index (χ3n) is 3.37. The number of nitrogens with two attached hydrogens (primary N) is 1. The Morgan fingerprint density at radius 1 is 1.27 bits per heavy atom. The van der Waals surface area contributed by atoms with Gasteiger partial charge in [0.25, 0.3) is 0 Å². The van der Waals surface area contributed by atoms with E-state index >= 15 is 0 Å². The predicted octanol–water partition coefficient (Wildman–Crippen LogP) is 3.22. The van der Waals surface area contributed by atoms with Gasteiger partial charge in [0.1, 0.15) is 12.3 Å². The van der Waals surface area contributed by atoms with E-state index < -0.39 is 0 Å². The summed E-state index contributed by atoms with van der Waals surface area (Å²) in [7, 11) is 0. The van der Waals surface area contributed by atoms with Crippen LogP contribution in [0.15, 0.2) is 48.7 Å². The quantitative estimate of drug-likeness (QED) is 0.649. The molecule has 1 amide bonds. The van der Waals surface area contributed by atoms with Crippen molar-refractivity contribution in [2.24, 2.45) is 0 Å². The first kappa shape index (κ1) is 14.3. The number of aromatic nitrogens is 1. The van der Waals surface area contributed by atoms with Gasteiger partial charge in [0.15, 0.2) is 0 Å². The first-order valence-electron chi connectivity index (χ1n) is 6.66. The number of hydrogen-bond acceptors (Lipinski definition) is 3. The van der Waals surface area contributed by atoms with E-state index in [0.717, 1.165) is 10.9 Å². The molecular formula is C16H14ClN3O2. The molecule has 0 radical (unpaired) electrons. The van der Waals surface area contributed by atoms with Crippen molar-refractivity contribution in [2.75, 3.05) is 11.1 Å². The van der Waals surface area contributed by atoms with E-state index in [1.165, 1.54) is 6.07 Å². The molecule has 0 atom stereocenters. The number of anilines is 2. The summed E-state index contributed by atoms with van der Waals surface area (Å²) in [6.45, 7) is 0.0870. The highest BCUT2D eigenvalue weighted by atomic mass is 35.5. The maximum absolute atomic E-state index is 12.1. The number of para-hydroxylation sites is 2. The number of amides is 1. The Morgan fingerprint density at radius 2 is 2.05 bits per heavy atom. The third kappa shape index (κ3) is 2.71. The van der Waals surface area contributed by atoms with Gasteiger partial charge in [0, 0.05) is 16.6 Å². The molecule has 4 N–H and O–H groups in total. The van der Waals surface area contributed by atoms with Crippen LogP contribution in [0.3, 0.4) is 0 Å². The molecule has 0 saturated carbocycles. The zero-order valence-electron chi connectivity index (χ0n) is 11.6. The van der Waals surface area contributed by atoms with Crippen LogP contribution in [0.25, 0.3) is 10.9 Å². The largest absolute Gasteiger partial charge is 0.506 e. The number of nitrogens with one attached hydrogen (secondary N) is 1. The first-order valence-corrected chi connectivity index (χ1v) is 7.04. The summed E-state index contributed by atoms with van der Waals surface area (Å²) in [5.74, 6) is -0.229. The fourth-order valence-electron chi connectivity index (χ4n) is 2.35. The molecule has 0 bridgehead atoms. The average molecular weight is 316 g/mol. The molecule has 6 heteroatoms. The normalized spacial score (nSPS) is 10.8. The van der Waals surface area contributed by atoms with Crippen molar-refractivity contribution >= 4 is 39.8 Å². The first-order chi connectivity index (χ1) is 10.5. The number of nitrogen functional groups attached to an aromatic ring is 1. The number of phenolic OH excluding ortho intramolecular Hbond substituents is 1. The lowest BCUT2D eigenvalue weighted by Crippen LogP contribution is -2.18. The van der Waals surface area contributed by atoms with Crippen LogP contribution in [0, 0.1) is 0 Å². The van der Waals surface area contributed by atoms with Crippen molar-refractivity contribution in [1.82, 2.24) is 4.57 Å². The number of fused-ring (bicyclic) bond motifs is 1. The van der Waals surface area contributed by atoms with Gasteiger partial charge >= 0.3 is 0 Å². The summed E-state index contributed by atoms with van der Waals surface area (Å²) in [6, 6.07) is 11.9. The van der Waals surface area contributed by atoms with Crippen LogP contribution < -0.4 is 11.1 Å². The third-order valence-corrected chi connectivity index (χ3v) is 3.60. The molecule has 5 nitrogen and oxygen atoms in total. The van der Waals surface area contributed by atoms with Crippen molar-refractivity contribution < 1.29 is 9.90 Å². The van der Waals surface area contributed by atoms with Gasteiger partial charge in [0.2, 0.25) is 5.91 Å². The predicted molar refractivity (Wildman–Crippen MR) is 88.1 cm³/mol. The Kier molecular flexibility index (Phi) is 3.65. The second-order valence-electron chi connectivity index (χ2n) is 4.94. The Hall–Kier alpha value is -2.66. The number of carbonyl (C=O) groups is 1. The standard InChI is InChI=1S/C16H14ClN3O2/c17-10-5-6-14-11(7-10)12(18)8-20(14)9-16(22)19-13-3-1-2-4-15(13)21/h1-8,21H,9,18H2,(H,19,22). The van der Waals surface area contributed by atoms with E-state index in [-0.39, 0.29) is 18.2 Å². The van der Waals surface area contributed by atoms with Gasteiger partial charge in [-0.3, -0.25) is 4.79 Å². The van der Waals surface area contributed by atoms with Gasteiger partial charge in [-0.1, -0.05) is 23.7 Å². The Labute approximate surface area is 131 Å². The molecule has 3 rings (SSSR count). The lowest BCUT2D eigenvalue weighted by Gasteiger charge is -2.08. The monoisotopic (exact) mass is 315 g/mol. The fourth-order valence-corrected chi connectivity index (χ4v) is 2.52. The van der Waals surface area contributed by atoms with E-state index in [4.69, 9.17) is 17.3 Å². The lowest BCUT2D eigenvalue weighted by molar-refractivity contribution is -0.116. The molecule has 3 aromatic rings. The van der Waals surface area contributed by atoms with Crippen molar-refractivity contribution in [3.8, 4) is 5.75 Å². The second kappa shape index (κ2) is 5.61. The molecule has 0 aliphatic carbocycles. The van der Waals surface area contributed by atoms with Crippen LogP contribution in [0.5, 0.6) is 5.75 Å². The van der Waals surface area contributed by atoms with Crippen LogP contribution in [0.4, 0.5) is 11.4 Å². The van der Waals surface area contributed by atoms with Gasteiger partial charge < -0.3 is 20.7 Å². The zero-order valence-corrected chi connectivity index (χ0v) is 12.3. The minimum absolute atomic E-state index is 0.0273. The van der Waals surface area contributed by atoms with Crippen LogP contribution in [0.1, 0.15) is 0 Å². The molecule has 112 valence electrons. The zero-order chi connectivity index (χ0) is 15.7. The highest BCUT2D eigenvalue weighted by molar-refractivity contribution is 6.31. The SMILES string of the molecule is Nc1cn(CC(=O)Nc2ccccc2O)c2ccc(Cl)cc12. The van der Waals surface area contributed by atoms with E-state index in [0.29, 0.717) is 16.4 Å². The molecule has 22 heavy (non-hydrogen) atoms. The van der Waals surface area contributed by atoms with Crippen molar-refractivity contribution in [2.45, 2.75) is 6.54 Å². The lowest BCUT2D eigenvalue weighted by atomic mass is 10.2. The summed E-state index contributed by atoms with van der Waals surface area (Å²) < 4.78 is 1.75. The topological polar surface area (TPSA) is 80.3 Å². The second-order valence-corrected chi connectivity index (χ2v) is 5.38. The number of halogens is 1. The van der Waals surface area contributed by atoms with Gasteiger partial charge in [-0.25, -0.2) is 0 Å². The number of phenols is 1. The molecule has 0 unspecified atom stereocenters. The van der Waals surface area contributed by atoms with E-state index in [2.05, 4.69) is 5.32 Å². The molecular weight excluding hydrogens is 302 g/mol. The Morgan fingerprint density at radius 3 is 2.82 bits per heavy atom. The molecule has 2 aromatic carbocycles. The van der Waals surface area contributed by atoms with Gasteiger partial charge in [-0.15, -0.1) is 0 Å². The minimum atomic E-state index is -0.256. The van der Waals surface area contributed by atoms with Gasteiger partial charge in [-0.05, 0) is 30.3 Å². The number of hydrogen-bond donors (Lipinski definition) is 3. The van der Waals surface area contributed by atoms with Crippen LogP contribution >= 0.6 is 11.6 Å². The average Bonchev–Trinajstić information content (AvgIpc) is 2.77. The molecule has 0 fully saturated rings. The van der Waals surface area contributed by atoms with Crippen molar-refractivity contribution in [3.05, 3.63) is 53.7 Å². The molecule has 0 spiro atoms. The summed E-state index contributed by atoms with van der Waals surface area (Å²) >= 11 is 5.96. The van der Waals surface area contributed by atoms with Crippen LogP contribution in [0.2, 0.25) is 5.02 Å². The minimum Gasteiger partial charge on any atom is -0.506 e. The van der Waals surface area contributed by atoms with Gasteiger partial charge in [-0.2, -0.15) is 0 Å². The smallest absolute Gasteiger partial charge is 0.244 e. The van der Waals surface area contributed by atoms with Crippen molar-refractivity contribution in [1.29, 1.82) is 0 Å². The van der Waals surface area contributed by atoms with E-state index in [1.54, 1.807) is 41.1 Å². The highest BCUT2D eigenvalue weighted by Gasteiger charge is 2.11. The molecule has 0 aliphatic rings. The summed E-state index contributed by atoms with van der Waals surface area (Å²) in [4.78, 5) is 12.1. The number of rotatable bonds is 3. The molecule has 1 aromatic heterocycles. The maximum Gasteiger partial charge on any atom is 0.244 e. The van der Waals surface area contributed by atoms with Crippen molar-refractivity contribution in [3.63, 3.8) is 0 Å². The van der Waals surface area contributed by atoms with E-state index in [1.807, 2.05) is 6.07 Å². The van der Waals surface area contributed by atoms with E-state index in [9.17, 15) is 9.90 Å². The summed E-state index contributed by atoms with van der Waals surface area (Å²) in [6.07, 6.45) is 1.70. The summed E-state index contributed by atoms with van der Waals surface area (Å²) in [5, 5.41) is 13.7. The molecule has 0 aliphatic heterocycles. The number of carbonyl (C=O) groups excluding carboxylic acids is 1. The summed E-state index contributed by atoms with van der Waals surface area (Å²) in [5.41, 5.74) is 7.71. The molecule has 1 heterocycles.